The lowest BCUT2D eigenvalue weighted by Gasteiger charge is -2.13. The lowest BCUT2D eigenvalue weighted by Crippen LogP contribution is -2.36. The van der Waals surface area contributed by atoms with E-state index in [0.29, 0.717) is 24.9 Å². The van der Waals surface area contributed by atoms with Crippen molar-refractivity contribution in [3.05, 3.63) is 52.7 Å². The molecule has 24 heavy (non-hydrogen) atoms. The van der Waals surface area contributed by atoms with Crippen LogP contribution in [0, 0.1) is 0 Å². The monoisotopic (exact) mass is 348 g/mol. The SMILES string of the molecule is CCNC(=NCc1ccccc1Cl)NCc1ncc(C(C)(C)C)o1. The zero-order valence-corrected chi connectivity index (χ0v) is 15.4. The standard InChI is InChI=1S/C18H25ClN4O/c1-5-20-17(22-10-13-8-6-7-9-14(13)19)23-12-16-21-11-15(24-16)18(2,3)4/h6-9,11H,5,10,12H2,1-4H3,(H2,20,22,23). The Kier molecular flexibility index (Phi) is 6.26. The topological polar surface area (TPSA) is 62.5 Å². The number of benzene rings is 1. The smallest absolute Gasteiger partial charge is 0.213 e. The number of hydrogen-bond acceptors (Lipinski definition) is 3. The number of aromatic nitrogens is 1. The van der Waals surface area contributed by atoms with Gasteiger partial charge in [-0.2, -0.15) is 0 Å². The van der Waals surface area contributed by atoms with Crippen LogP contribution in [-0.4, -0.2) is 17.5 Å². The van der Waals surface area contributed by atoms with E-state index in [1.54, 1.807) is 6.20 Å². The number of halogens is 1. The minimum atomic E-state index is -0.0477. The molecule has 2 N–H and O–H groups in total. The number of rotatable bonds is 5. The van der Waals surface area contributed by atoms with Crippen molar-refractivity contribution in [1.82, 2.24) is 15.6 Å². The molecule has 6 heteroatoms. The van der Waals surface area contributed by atoms with Crippen molar-refractivity contribution in [2.75, 3.05) is 6.54 Å². The molecule has 130 valence electrons. The van der Waals surface area contributed by atoms with Gasteiger partial charge in [0.2, 0.25) is 5.89 Å². The molecule has 1 aromatic heterocycles. The highest BCUT2D eigenvalue weighted by Crippen LogP contribution is 2.22. The third-order valence-electron chi connectivity index (χ3n) is 3.41. The molecule has 0 aliphatic carbocycles. The van der Waals surface area contributed by atoms with Gasteiger partial charge in [0.25, 0.3) is 0 Å². The van der Waals surface area contributed by atoms with E-state index in [1.165, 1.54) is 0 Å². The first-order valence-electron chi connectivity index (χ1n) is 8.11. The lowest BCUT2D eigenvalue weighted by atomic mass is 9.94. The van der Waals surface area contributed by atoms with Crippen LogP contribution in [0.1, 0.15) is 44.9 Å². The third kappa shape index (κ3) is 5.27. The van der Waals surface area contributed by atoms with Gasteiger partial charge in [-0.3, -0.25) is 0 Å². The summed E-state index contributed by atoms with van der Waals surface area (Å²) in [7, 11) is 0. The van der Waals surface area contributed by atoms with Crippen LogP contribution < -0.4 is 10.6 Å². The van der Waals surface area contributed by atoms with Gasteiger partial charge in [-0.15, -0.1) is 0 Å². The minimum Gasteiger partial charge on any atom is -0.443 e. The van der Waals surface area contributed by atoms with Crippen molar-refractivity contribution in [1.29, 1.82) is 0 Å². The summed E-state index contributed by atoms with van der Waals surface area (Å²) in [4.78, 5) is 8.87. The van der Waals surface area contributed by atoms with Crippen LogP contribution in [0.25, 0.3) is 0 Å². The molecule has 1 aromatic carbocycles. The van der Waals surface area contributed by atoms with Gasteiger partial charge in [-0.05, 0) is 18.6 Å². The van der Waals surface area contributed by atoms with Gasteiger partial charge < -0.3 is 15.1 Å². The summed E-state index contributed by atoms with van der Waals surface area (Å²) >= 11 is 6.17. The van der Waals surface area contributed by atoms with Crippen LogP contribution in [0.4, 0.5) is 0 Å². The van der Waals surface area contributed by atoms with Crippen molar-refractivity contribution in [3.8, 4) is 0 Å². The summed E-state index contributed by atoms with van der Waals surface area (Å²) in [6, 6.07) is 7.71. The fourth-order valence-corrected chi connectivity index (χ4v) is 2.23. The molecular weight excluding hydrogens is 324 g/mol. The predicted octanol–water partition coefficient (Wildman–Crippen LogP) is 3.88. The molecule has 1 heterocycles. The Labute approximate surface area is 148 Å². The lowest BCUT2D eigenvalue weighted by molar-refractivity contribution is 0.379. The van der Waals surface area contributed by atoms with Crippen LogP contribution in [0.3, 0.4) is 0 Å². The molecule has 0 aliphatic heterocycles. The molecule has 0 radical (unpaired) electrons. The quantitative estimate of drug-likeness (QED) is 0.635. The first-order chi connectivity index (χ1) is 11.4. The van der Waals surface area contributed by atoms with E-state index in [-0.39, 0.29) is 5.41 Å². The van der Waals surface area contributed by atoms with Crippen molar-refractivity contribution in [2.45, 2.75) is 46.2 Å². The summed E-state index contributed by atoms with van der Waals surface area (Å²) in [5, 5.41) is 7.16. The maximum Gasteiger partial charge on any atom is 0.213 e. The number of aliphatic imine (C=N–C) groups is 1. The normalized spacial score (nSPS) is 12.3. The molecule has 0 atom stereocenters. The highest BCUT2D eigenvalue weighted by atomic mass is 35.5. The zero-order valence-electron chi connectivity index (χ0n) is 14.7. The molecule has 0 aliphatic rings. The first-order valence-corrected chi connectivity index (χ1v) is 8.48. The van der Waals surface area contributed by atoms with E-state index in [4.69, 9.17) is 16.0 Å². The second-order valence-corrected chi connectivity index (χ2v) is 6.92. The minimum absolute atomic E-state index is 0.0477. The van der Waals surface area contributed by atoms with Gasteiger partial charge in [0.15, 0.2) is 5.96 Å². The Hall–Kier alpha value is -2.01. The number of guanidine groups is 1. The van der Waals surface area contributed by atoms with Gasteiger partial charge in [0.05, 0.1) is 19.3 Å². The Morgan fingerprint density at radius 2 is 2.00 bits per heavy atom. The summed E-state index contributed by atoms with van der Waals surface area (Å²) in [5.74, 6) is 2.22. The Balaban J connectivity index is 1.99. The molecule has 0 spiro atoms. The average Bonchev–Trinajstić information content (AvgIpc) is 3.00. The Bertz CT molecular complexity index is 688. The van der Waals surface area contributed by atoms with E-state index >= 15 is 0 Å². The van der Waals surface area contributed by atoms with Crippen molar-refractivity contribution in [3.63, 3.8) is 0 Å². The third-order valence-corrected chi connectivity index (χ3v) is 3.78. The van der Waals surface area contributed by atoms with Crippen LogP contribution >= 0.6 is 11.6 Å². The van der Waals surface area contributed by atoms with Crippen molar-refractivity contribution >= 4 is 17.6 Å². The molecule has 2 aromatic rings. The number of nitrogens with zero attached hydrogens (tertiary/aromatic N) is 2. The maximum absolute atomic E-state index is 6.17. The number of oxazole rings is 1. The molecule has 2 rings (SSSR count). The number of nitrogens with one attached hydrogen (secondary N) is 2. The maximum atomic E-state index is 6.17. The molecule has 0 amide bonds. The van der Waals surface area contributed by atoms with Gasteiger partial charge in [-0.25, -0.2) is 9.98 Å². The molecular formula is C18H25ClN4O. The number of hydrogen-bond donors (Lipinski definition) is 2. The highest BCUT2D eigenvalue weighted by Gasteiger charge is 2.19. The van der Waals surface area contributed by atoms with Crippen molar-refractivity contribution < 1.29 is 4.42 Å². The van der Waals surface area contributed by atoms with Crippen LogP contribution in [0.5, 0.6) is 0 Å². The zero-order chi connectivity index (χ0) is 17.6. The summed E-state index contributed by atoms with van der Waals surface area (Å²) in [5.41, 5.74) is 0.941. The molecule has 0 fully saturated rings. The fraction of sp³-hybridized carbons (Fsp3) is 0.444. The van der Waals surface area contributed by atoms with E-state index in [9.17, 15) is 0 Å². The van der Waals surface area contributed by atoms with Gasteiger partial charge in [-0.1, -0.05) is 50.6 Å². The van der Waals surface area contributed by atoms with E-state index in [2.05, 4.69) is 41.4 Å². The first kappa shape index (κ1) is 18.3. The Morgan fingerprint density at radius 3 is 2.62 bits per heavy atom. The van der Waals surface area contributed by atoms with E-state index in [1.807, 2.05) is 31.2 Å². The molecule has 0 saturated carbocycles. The van der Waals surface area contributed by atoms with E-state index in [0.717, 1.165) is 22.9 Å². The molecule has 0 saturated heterocycles. The van der Waals surface area contributed by atoms with Crippen molar-refractivity contribution in [2.24, 2.45) is 4.99 Å². The van der Waals surface area contributed by atoms with Gasteiger partial charge in [0.1, 0.15) is 5.76 Å². The molecule has 0 bridgehead atoms. The molecule has 0 unspecified atom stereocenters. The Morgan fingerprint density at radius 1 is 1.25 bits per heavy atom. The van der Waals surface area contributed by atoms with Crippen LogP contribution in [0.2, 0.25) is 5.02 Å². The fourth-order valence-electron chi connectivity index (χ4n) is 2.03. The average molecular weight is 349 g/mol. The largest absolute Gasteiger partial charge is 0.443 e. The predicted molar refractivity (Wildman–Crippen MR) is 98.3 cm³/mol. The highest BCUT2D eigenvalue weighted by molar-refractivity contribution is 6.31. The van der Waals surface area contributed by atoms with E-state index < -0.39 is 0 Å². The summed E-state index contributed by atoms with van der Waals surface area (Å²) in [6.07, 6.45) is 1.78. The second-order valence-electron chi connectivity index (χ2n) is 6.51. The van der Waals surface area contributed by atoms with Crippen LogP contribution in [-0.2, 0) is 18.5 Å². The van der Waals surface area contributed by atoms with Gasteiger partial charge >= 0.3 is 0 Å². The molecule has 5 nitrogen and oxygen atoms in total. The second kappa shape index (κ2) is 8.20. The van der Waals surface area contributed by atoms with Crippen LogP contribution in [0.15, 0.2) is 39.9 Å². The summed E-state index contributed by atoms with van der Waals surface area (Å²) in [6.45, 7) is 10.1. The van der Waals surface area contributed by atoms with Gasteiger partial charge in [0, 0.05) is 17.0 Å². The summed E-state index contributed by atoms with van der Waals surface area (Å²) < 4.78 is 5.78.